The summed E-state index contributed by atoms with van der Waals surface area (Å²) < 4.78 is -1.28. The van der Waals surface area contributed by atoms with Gasteiger partial charge in [0.1, 0.15) is 11.5 Å². The van der Waals surface area contributed by atoms with Crippen molar-refractivity contribution in [3.63, 3.8) is 0 Å². The summed E-state index contributed by atoms with van der Waals surface area (Å²) in [6.07, 6.45) is 0. The summed E-state index contributed by atoms with van der Waals surface area (Å²) in [5, 5.41) is 18.0. The number of benzene rings is 2. The van der Waals surface area contributed by atoms with Crippen LogP contribution in [0.2, 0.25) is 5.02 Å². The Kier molecular flexibility index (Phi) is 10.8. The largest absolute Gasteiger partial charge is 0.508 e. The third-order valence-corrected chi connectivity index (χ3v) is 3.20. The van der Waals surface area contributed by atoms with Crippen LogP contribution in [0.15, 0.2) is 54.6 Å². The lowest BCUT2D eigenvalue weighted by atomic mass is 10.3. The minimum Gasteiger partial charge on any atom is -0.508 e. The van der Waals surface area contributed by atoms with Gasteiger partial charge in [0.15, 0.2) is 0 Å². The van der Waals surface area contributed by atoms with Crippen molar-refractivity contribution < 1.29 is 10.2 Å². The third kappa shape index (κ3) is 14.2. The summed E-state index contributed by atoms with van der Waals surface area (Å²) in [6, 6.07) is 15.1. The number of phenolic OH excluding ortho intramolecular Hbond substituents is 2. The first kappa shape index (κ1) is 20.5. The number of para-hydroxylation sites is 1. The van der Waals surface area contributed by atoms with Crippen LogP contribution < -0.4 is 0 Å². The highest BCUT2D eigenvalue weighted by atomic mass is 35.6. The Morgan fingerprint density at radius 2 is 1.14 bits per heavy atom. The lowest BCUT2D eigenvalue weighted by Crippen LogP contribution is -2.01. The van der Waals surface area contributed by atoms with Crippen molar-refractivity contribution in [3.8, 4) is 11.5 Å². The monoisotopic (exact) mass is 388 g/mol. The second kappa shape index (κ2) is 11.1. The average molecular weight is 391 g/mol. The second-order valence-corrected chi connectivity index (χ2v) is 6.78. The second-order valence-electron chi connectivity index (χ2n) is 3.56. The van der Waals surface area contributed by atoms with Crippen LogP contribution in [0.1, 0.15) is 0 Å². The molecule has 2 nitrogen and oxygen atoms in total. The lowest BCUT2D eigenvalue weighted by molar-refractivity contribution is 0.475. The molecule has 0 aliphatic heterocycles. The van der Waals surface area contributed by atoms with E-state index in [0.717, 1.165) is 0 Å². The molecule has 0 aromatic heterocycles. The van der Waals surface area contributed by atoms with Gasteiger partial charge in [0.25, 0.3) is 0 Å². The molecule has 0 radical (unpaired) electrons. The number of aromatic hydroxyl groups is 2. The van der Waals surface area contributed by atoms with Crippen LogP contribution in [-0.2, 0) is 0 Å². The zero-order valence-corrected chi connectivity index (χ0v) is 14.5. The molecular weight excluding hydrogens is 377 g/mol. The van der Waals surface area contributed by atoms with Gasteiger partial charge in [0.05, 0.1) is 5.88 Å². The van der Waals surface area contributed by atoms with Crippen LogP contribution >= 0.6 is 58.0 Å². The van der Waals surface area contributed by atoms with Crippen LogP contribution in [0, 0.1) is 0 Å². The fourth-order valence-electron chi connectivity index (χ4n) is 0.869. The number of halogens is 5. The maximum atomic E-state index is 8.70. The molecular formula is C14H13Cl5O2. The molecule has 0 heterocycles. The highest BCUT2D eigenvalue weighted by Crippen LogP contribution is 2.26. The molecule has 2 rings (SSSR count). The molecule has 2 aromatic rings. The molecule has 0 fully saturated rings. The SMILES string of the molecule is ClCC(Cl)(Cl)Cl.Oc1ccc(Cl)cc1.Oc1ccccc1. The van der Waals surface area contributed by atoms with E-state index in [2.05, 4.69) is 0 Å². The molecule has 0 unspecified atom stereocenters. The summed E-state index contributed by atoms with van der Waals surface area (Å²) in [5.74, 6) is 0.606. The van der Waals surface area contributed by atoms with Crippen molar-refractivity contribution >= 4 is 58.0 Å². The zero-order chi connectivity index (χ0) is 16.3. The van der Waals surface area contributed by atoms with Gasteiger partial charge in [-0.3, -0.25) is 0 Å². The predicted octanol–water partition coefficient (Wildman–Crippen LogP) is 6.03. The number of rotatable bonds is 0. The van der Waals surface area contributed by atoms with E-state index < -0.39 is 3.79 Å². The molecule has 0 saturated carbocycles. The first-order valence-electron chi connectivity index (χ1n) is 5.56. The normalized spacial score (nSPS) is 9.76. The van der Waals surface area contributed by atoms with Crippen LogP contribution in [0.5, 0.6) is 11.5 Å². The molecule has 0 aliphatic carbocycles. The van der Waals surface area contributed by atoms with E-state index in [9.17, 15) is 0 Å². The van der Waals surface area contributed by atoms with Crippen molar-refractivity contribution in [2.75, 3.05) is 5.88 Å². The van der Waals surface area contributed by atoms with Gasteiger partial charge in [-0.05, 0) is 36.4 Å². The van der Waals surface area contributed by atoms with E-state index in [-0.39, 0.29) is 11.6 Å². The van der Waals surface area contributed by atoms with Crippen LogP contribution in [-0.4, -0.2) is 19.9 Å². The minimum atomic E-state index is -1.28. The molecule has 116 valence electrons. The maximum absolute atomic E-state index is 8.70. The Bertz CT molecular complexity index is 462. The standard InChI is InChI=1S/C6H5ClO.C6H6O.C2H2Cl4/c7-5-1-3-6(8)4-2-5;7-6-4-2-1-3-5-6;3-1-2(4,5)6/h1-4,8H;1-5,7H;1H2. The summed E-state index contributed by atoms with van der Waals surface area (Å²) in [6.45, 7) is 0. The van der Waals surface area contributed by atoms with Crippen molar-refractivity contribution in [1.29, 1.82) is 0 Å². The van der Waals surface area contributed by atoms with Gasteiger partial charge in [0, 0.05) is 5.02 Å². The van der Waals surface area contributed by atoms with Crippen molar-refractivity contribution in [2.24, 2.45) is 0 Å². The first-order valence-corrected chi connectivity index (χ1v) is 7.60. The van der Waals surface area contributed by atoms with Crippen LogP contribution in [0.3, 0.4) is 0 Å². The molecule has 0 atom stereocenters. The highest BCUT2D eigenvalue weighted by molar-refractivity contribution is 6.69. The molecule has 2 N–H and O–H groups in total. The zero-order valence-electron chi connectivity index (χ0n) is 10.7. The number of alkyl halides is 4. The number of hydrogen-bond acceptors (Lipinski definition) is 2. The van der Waals surface area contributed by atoms with E-state index >= 15 is 0 Å². The summed E-state index contributed by atoms with van der Waals surface area (Å²) in [4.78, 5) is 0. The van der Waals surface area contributed by atoms with E-state index in [1.807, 2.05) is 6.07 Å². The Labute approximate surface area is 148 Å². The molecule has 0 saturated heterocycles. The molecule has 7 heteroatoms. The van der Waals surface area contributed by atoms with Gasteiger partial charge < -0.3 is 10.2 Å². The summed E-state index contributed by atoms with van der Waals surface area (Å²) >= 11 is 25.9. The average Bonchev–Trinajstić information content (AvgIpc) is 2.44. The van der Waals surface area contributed by atoms with E-state index in [0.29, 0.717) is 10.8 Å². The highest BCUT2D eigenvalue weighted by Gasteiger charge is 2.16. The quantitative estimate of drug-likeness (QED) is 0.539. The van der Waals surface area contributed by atoms with Gasteiger partial charge in [-0.2, -0.15) is 0 Å². The Morgan fingerprint density at radius 1 is 0.762 bits per heavy atom. The molecule has 2 aromatic carbocycles. The van der Waals surface area contributed by atoms with Crippen LogP contribution in [0.4, 0.5) is 0 Å². The summed E-state index contributed by atoms with van der Waals surface area (Å²) in [7, 11) is 0. The van der Waals surface area contributed by atoms with Gasteiger partial charge in [-0.25, -0.2) is 0 Å². The van der Waals surface area contributed by atoms with E-state index in [1.165, 1.54) is 0 Å². The Balaban J connectivity index is 0.000000290. The van der Waals surface area contributed by atoms with Crippen molar-refractivity contribution in [1.82, 2.24) is 0 Å². The van der Waals surface area contributed by atoms with Crippen LogP contribution in [0.25, 0.3) is 0 Å². The van der Waals surface area contributed by atoms with Gasteiger partial charge in [-0.1, -0.05) is 64.6 Å². The summed E-state index contributed by atoms with van der Waals surface area (Å²) in [5.41, 5.74) is 0. The first-order chi connectivity index (χ1) is 9.74. The smallest absolute Gasteiger partial charge is 0.203 e. The van der Waals surface area contributed by atoms with Gasteiger partial charge in [-0.15, -0.1) is 11.6 Å². The van der Waals surface area contributed by atoms with Gasteiger partial charge in [0.2, 0.25) is 3.79 Å². The predicted molar refractivity (Wildman–Crippen MR) is 92.2 cm³/mol. The number of phenols is 2. The molecule has 21 heavy (non-hydrogen) atoms. The molecule has 0 spiro atoms. The molecule has 0 aliphatic rings. The molecule has 0 bridgehead atoms. The number of hydrogen-bond donors (Lipinski definition) is 2. The molecule has 0 amide bonds. The Morgan fingerprint density at radius 3 is 1.38 bits per heavy atom. The topological polar surface area (TPSA) is 40.5 Å². The Hall–Kier alpha value is -0.510. The van der Waals surface area contributed by atoms with Crippen molar-refractivity contribution in [2.45, 2.75) is 3.79 Å². The fraction of sp³-hybridized carbons (Fsp3) is 0.143. The van der Waals surface area contributed by atoms with Gasteiger partial charge >= 0.3 is 0 Å². The maximum Gasteiger partial charge on any atom is 0.203 e. The fourth-order valence-corrected chi connectivity index (χ4v) is 0.995. The lowest BCUT2D eigenvalue weighted by Gasteiger charge is -2.00. The third-order valence-electron chi connectivity index (χ3n) is 1.73. The minimum absolute atomic E-state index is 0.0394. The van der Waals surface area contributed by atoms with E-state index in [4.69, 9.17) is 68.2 Å². The van der Waals surface area contributed by atoms with E-state index in [1.54, 1.807) is 48.5 Å². The van der Waals surface area contributed by atoms with Crippen molar-refractivity contribution in [3.05, 3.63) is 59.6 Å².